The van der Waals surface area contributed by atoms with E-state index in [-0.39, 0.29) is 18.1 Å². The van der Waals surface area contributed by atoms with Crippen LogP contribution < -0.4 is 10.5 Å². The molecule has 0 unspecified atom stereocenters. The zero-order valence-electron chi connectivity index (χ0n) is 16.3. The summed E-state index contributed by atoms with van der Waals surface area (Å²) in [5, 5.41) is 0. The fraction of sp³-hybridized carbons (Fsp3) is 0.333. The van der Waals surface area contributed by atoms with Crippen molar-refractivity contribution < 1.29 is 9.53 Å². The number of pyridine rings is 1. The first-order chi connectivity index (χ1) is 14.2. The molecule has 3 aromatic rings. The Labute approximate surface area is 168 Å². The Morgan fingerprint density at radius 2 is 1.83 bits per heavy atom. The second-order valence-corrected chi connectivity index (χ2v) is 6.96. The molecule has 3 heterocycles. The fourth-order valence-corrected chi connectivity index (χ4v) is 3.56. The number of hydrogen-bond donors (Lipinski definition) is 0. The van der Waals surface area contributed by atoms with E-state index in [4.69, 9.17) is 4.74 Å². The second kappa shape index (κ2) is 8.40. The van der Waals surface area contributed by atoms with Crippen LogP contribution in [0.5, 0.6) is 0 Å². The molecular formula is C21H23N5O3. The van der Waals surface area contributed by atoms with Crippen LogP contribution in [0, 0.1) is 0 Å². The number of carbonyl (C=O) groups is 1. The normalized spacial score (nSPS) is 14.4. The number of carbonyl (C=O) groups excluding carboxylic acids is 1. The van der Waals surface area contributed by atoms with Crippen molar-refractivity contribution >= 4 is 22.9 Å². The maximum absolute atomic E-state index is 13.3. The molecule has 1 saturated heterocycles. The van der Waals surface area contributed by atoms with E-state index in [1.165, 1.54) is 7.11 Å². The lowest BCUT2D eigenvalue weighted by molar-refractivity contribution is -0.135. The van der Waals surface area contributed by atoms with Gasteiger partial charge >= 0.3 is 0 Å². The van der Waals surface area contributed by atoms with Crippen LogP contribution in [0.4, 0.5) is 5.82 Å². The van der Waals surface area contributed by atoms with E-state index in [1.54, 1.807) is 15.7 Å². The average molecular weight is 393 g/mol. The summed E-state index contributed by atoms with van der Waals surface area (Å²) in [6.45, 7) is 2.67. The molecule has 0 radical (unpaired) electrons. The van der Waals surface area contributed by atoms with Gasteiger partial charge < -0.3 is 14.5 Å². The topological polar surface area (TPSA) is 80.6 Å². The molecule has 8 heteroatoms. The summed E-state index contributed by atoms with van der Waals surface area (Å²) in [7, 11) is 1.51. The van der Waals surface area contributed by atoms with Crippen LogP contribution in [-0.4, -0.2) is 65.2 Å². The summed E-state index contributed by atoms with van der Waals surface area (Å²) in [5.41, 5.74) is 2.10. The first-order valence-electron chi connectivity index (χ1n) is 9.58. The first-order valence-corrected chi connectivity index (χ1v) is 9.58. The molecule has 29 heavy (non-hydrogen) atoms. The van der Waals surface area contributed by atoms with Crippen LogP contribution in [0.1, 0.15) is 5.56 Å². The number of benzene rings is 1. The average Bonchev–Trinajstić information content (AvgIpc) is 2.76. The van der Waals surface area contributed by atoms with Crippen molar-refractivity contribution in [3.05, 3.63) is 64.6 Å². The summed E-state index contributed by atoms with van der Waals surface area (Å²) in [5.74, 6) is 0.365. The minimum absolute atomic E-state index is 0.0377. The molecule has 0 N–H and O–H groups in total. The molecule has 0 spiro atoms. The lowest BCUT2D eigenvalue weighted by atomic mass is 10.2. The van der Waals surface area contributed by atoms with Crippen molar-refractivity contribution in [3.63, 3.8) is 0 Å². The molecule has 1 aliphatic rings. The quantitative estimate of drug-likeness (QED) is 0.647. The molecule has 0 atom stereocenters. The summed E-state index contributed by atoms with van der Waals surface area (Å²) >= 11 is 0. The van der Waals surface area contributed by atoms with Gasteiger partial charge in [0.25, 0.3) is 5.56 Å². The van der Waals surface area contributed by atoms with E-state index >= 15 is 0 Å². The van der Waals surface area contributed by atoms with Gasteiger partial charge in [-0.05, 0) is 17.7 Å². The van der Waals surface area contributed by atoms with Crippen LogP contribution in [0.25, 0.3) is 11.2 Å². The third-order valence-electron chi connectivity index (χ3n) is 5.07. The second-order valence-electron chi connectivity index (χ2n) is 6.96. The lowest BCUT2D eigenvalue weighted by Crippen LogP contribution is -2.51. The summed E-state index contributed by atoms with van der Waals surface area (Å²) in [6.07, 6.45) is 1.67. The van der Waals surface area contributed by atoms with Gasteiger partial charge in [0.1, 0.15) is 12.1 Å². The lowest BCUT2D eigenvalue weighted by Gasteiger charge is -2.35. The van der Waals surface area contributed by atoms with Crippen molar-refractivity contribution in [2.45, 2.75) is 6.54 Å². The van der Waals surface area contributed by atoms with E-state index in [1.807, 2.05) is 47.4 Å². The molecule has 4 rings (SSSR count). The van der Waals surface area contributed by atoms with Crippen molar-refractivity contribution in [2.75, 3.05) is 44.8 Å². The highest BCUT2D eigenvalue weighted by Crippen LogP contribution is 2.16. The third-order valence-corrected chi connectivity index (χ3v) is 5.07. The van der Waals surface area contributed by atoms with Crippen LogP contribution in [-0.2, 0) is 16.1 Å². The monoisotopic (exact) mass is 393 g/mol. The Bertz CT molecular complexity index is 1060. The van der Waals surface area contributed by atoms with Gasteiger partial charge in [-0.25, -0.2) is 9.97 Å². The summed E-state index contributed by atoms with van der Waals surface area (Å²) < 4.78 is 6.61. The molecule has 0 aliphatic carbocycles. The number of methoxy groups -OCH3 is 1. The van der Waals surface area contributed by atoms with E-state index in [0.717, 1.165) is 5.56 Å². The standard InChI is InChI=1S/C21H23N5O3/c1-29-15-18(27)24-10-12-25(13-11-24)20-21(28)26(14-16-6-3-2-4-7-16)19-17(23-20)8-5-9-22-19/h2-9H,10-15H2,1H3. The minimum atomic E-state index is -0.170. The third kappa shape index (κ3) is 3.97. The van der Waals surface area contributed by atoms with E-state index < -0.39 is 0 Å². The van der Waals surface area contributed by atoms with Crippen molar-refractivity contribution in [3.8, 4) is 0 Å². The highest BCUT2D eigenvalue weighted by atomic mass is 16.5. The van der Waals surface area contributed by atoms with Gasteiger partial charge in [0.15, 0.2) is 11.5 Å². The molecule has 2 aromatic heterocycles. The van der Waals surface area contributed by atoms with Crippen molar-refractivity contribution in [2.24, 2.45) is 0 Å². The minimum Gasteiger partial charge on any atom is -0.375 e. The number of hydrogen-bond acceptors (Lipinski definition) is 6. The highest BCUT2D eigenvalue weighted by Gasteiger charge is 2.24. The number of piperazine rings is 1. The van der Waals surface area contributed by atoms with Crippen molar-refractivity contribution in [1.29, 1.82) is 0 Å². The van der Waals surface area contributed by atoms with Crippen LogP contribution >= 0.6 is 0 Å². The maximum atomic E-state index is 13.3. The SMILES string of the molecule is COCC(=O)N1CCN(c2nc3cccnc3n(Cc3ccccc3)c2=O)CC1. The molecule has 0 bridgehead atoms. The maximum Gasteiger partial charge on any atom is 0.295 e. The number of anilines is 1. The Morgan fingerprint density at radius 1 is 1.07 bits per heavy atom. The van der Waals surface area contributed by atoms with Gasteiger partial charge in [0.2, 0.25) is 5.91 Å². The van der Waals surface area contributed by atoms with Crippen LogP contribution in [0.3, 0.4) is 0 Å². The zero-order valence-corrected chi connectivity index (χ0v) is 16.3. The predicted molar refractivity (Wildman–Crippen MR) is 110 cm³/mol. The molecule has 150 valence electrons. The number of ether oxygens (including phenoxy) is 1. The largest absolute Gasteiger partial charge is 0.375 e. The summed E-state index contributed by atoms with van der Waals surface area (Å²) in [4.78, 5) is 38.1. The van der Waals surface area contributed by atoms with Crippen molar-refractivity contribution in [1.82, 2.24) is 19.4 Å². The van der Waals surface area contributed by atoms with Gasteiger partial charge in [-0.1, -0.05) is 30.3 Å². The van der Waals surface area contributed by atoms with E-state index in [2.05, 4.69) is 9.97 Å². The number of rotatable bonds is 5. The molecule has 1 aromatic carbocycles. The number of nitrogens with zero attached hydrogens (tertiary/aromatic N) is 5. The number of aromatic nitrogens is 3. The molecule has 1 amide bonds. The van der Waals surface area contributed by atoms with E-state index in [9.17, 15) is 9.59 Å². The fourth-order valence-electron chi connectivity index (χ4n) is 3.56. The number of amides is 1. The predicted octanol–water partition coefficient (Wildman–Crippen LogP) is 1.13. The first kappa shape index (κ1) is 19.1. The van der Waals surface area contributed by atoms with Gasteiger partial charge in [-0.3, -0.25) is 14.2 Å². The van der Waals surface area contributed by atoms with Crippen LogP contribution in [0.15, 0.2) is 53.5 Å². The van der Waals surface area contributed by atoms with Gasteiger partial charge in [0.05, 0.1) is 6.54 Å². The molecule has 1 aliphatic heterocycles. The molecule has 0 saturated carbocycles. The Balaban J connectivity index is 1.66. The number of fused-ring (bicyclic) bond motifs is 1. The smallest absolute Gasteiger partial charge is 0.295 e. The Kier molecular flexibility index (Phi) is 5.53. The Hall–Kier alpha value is -3.26. The van der Waals surface area contributed by atoms with Gasteiger partial charge in [-0.2, -0.15) is 0 Å². The molecule has 8 nitrogen and oxygen atoms in total. The van der Waals surface area contributed by atoms with Crippen LogP contribution in [0.2, 0.25) is 0 Å². The summed E-state index contributed by atoms with van der Waals surface area (Å²) in [6, 6.07) is 13.5. The molecular weight excluding hydrogens is 370 g/mol. The van der Waals surface area contributed by atoms with Gasteiger partial charge in [0, 0.05) is 39.5 Å². The van der Waals surface area contributed by atoms with E-state index in [0.29, 0.717) is 49.7 Å². The Morgan fingerprint density at radius 3 is 2.55 bits per heavy atom. The van der Waals surface area contributed by atoms with Gasteiger partial charge in [-0.15, -0.1) is 0 Å². The zero-order chi connectivity index (χ0) is 20.2. The molecule has 1 fully saturated rings. The highest BCUT2D eigenvalue weighted by molar-refractivity contribution is 5.78.